The van der Waals surface area contributed by atoms with E-state index in [-0.39, 0.29) is 12.8 Å². The van der Waals surface area contributed by atoms with Gasteiger partial charge in [0.15, 0.2) is 0 Å². The number of benzene rings is 1. The Kier molecular flexibility index (Phi) is 6.13. The van der Waals surface area contributed by atoms with Gasteiger partial charge in [-0.05, 0) is 25.0 Å². The van der Waals surface area contributed by atoms with E-state index >= 15 is 0 Å². The number of hydrogen-bond acceptors (Lipinski definition) is 3. The zero-order chi connectivity index (χ0) is 15.8. The number of carbonyl (C=O) groups is 3. The van der Waals surface area contributed by atoms with Crippen molar-refractivity contribution in [3.05, 3.63) is 41.5 Å². The van der Waals surface area contributed by atoms with Crippen LogP contribution in [0.1, 0.15) is 24.0 Å². The number of primary amides is 1. The van der Waals surface area contributed by atoms with Crippen molar-refractivity contribution in [2.75, 3.05) is 0 Å². The van der Waals surface area contributed by atoms with E-state index in [0.29, 0.717) is 0 Å². The van der Waals surface area contributed by atoms with E-state index in [1.165, 1.54) is 6.08 Å². The van der Waals surface area contributed by atoms with Crippen LogP contribution in [-0.2, 0) is 14.4 Å². The molecule has 21 heavy (non-hydrogen) atoms. The Bertz CT molecular complexity index is 549. The molecule has 0 aliphatic heterocycles. The average molecular weight is 290 g/mol. The third kappa shape index (κ3) is 6.38. The van der Waals surface area contributed by atoms with Crippen molar-refractivity contribution < 1.29 is 19.5 Å². The maximum absolute atomic E-state index is 11.7. The Labute approximate surface area is 122 Å². The Morgan fingerprint density at radius 3 is 2.43 bits per heavy atom. The summed E-state index contributed by atoms with van der Waals surface area (Å²) in [6.07, 6.45) is 2.71. The Morgan fingerprint density at radius 1 is 1.29 bits per heavy atom. The third-order valence-electron chi connectivity index (χ3n) is 2.80. The van der Waals surface area contributed by atoms with Crippen LogP contribution in [0.3, 0.4) is 0 Å². The van der Waals surface area contributed by atoms with Crippen LogP contribution in [0.25, 0.3) is 6.08 Å². The summed E-state index contributed by atoms with van der Waals surface area (Å²) in [7, 11) is 0. The molecule has 0 aliphatic rings. The molecule has 1 rings (SSSR count). The zero-order valence-electron chi connectivity index (χ0n) is 11.7. The minimum Gasteiger partial charge on any atom is -0.480 e. The quantitative estimate of drug-likeness (QED) is 0.646. The second kappa shape index (κ2) is 7.84. The molecule has 0 spiro atoms. The van der Waals surface area contributed by atoms with Gasteiger partial charge in [-0.15, -0.1) is 0 Å². The van der Waals surface area contributed by atoms with Gasteiger partial charge in [-0.1, -0.05) is 29.8 Å². The fourth-order valence-corrected chi connectivity index (χ4v) is 1.61. The van der Waals surface area contributed by atoms with Crippen molar-refractivity contribution in [3.8, 4) is 0 Å². The van der Waals surface area contributed by atoms with Crippen molar-refractivity contribution in [2.24, 2.45) is 5.73 Å². The van der Waals surface area contributed by atoms with Gasteiger partial charge < -0.3 is 16.2 Å². The lowest BCUT2D eigenvalue weighted by atomic mass is 10.1. The van der Waals surface area contributed by atoms with Gasteiger partial charge in [0.1, 0.15) is 6.04 Å². The number of nitrogens with one attached hydrogen (secondary N) is 1. The number of hydrogen-bond donors (Lipinski definition) is 3. The molecule has 0 saturated heterocycles. The molecule has 0 unspecified atom stereocenters. The van der Waals surface area contributed by atoms with Crippen LogP contribution in [0.15, 0.2) is 30.3 Å². The van der Waals surface area contributed by atoms with Gasteiger partial charge in [0.05, 0.1) is 0 Å². The van der Waals surface area contributed by atoms with Crippen molar-refractivity contribution in [2.45, 2.75) is 25.8 Å². The summed E-state index contributed by atoms with van der Waals surface area (Å²) in [4.78, 5) is 33.3. The Balaban J connectivity index is 2.59. The molecule has 0 fully saturated rings. The van der Waals surface area contributed by atoms with Gasteiger partial charge >= 0.3 is 5.97 Å². The van der Waals surface area contributed by atoms with E-state index in [1.807, 2.05) is 31.2 Å². The lowest BCUT2D eigenvalue weighted by molar-refractivity contribution is -0.141. The van der Waals surface area contributed by atoms with Gasteiger partial charge in [-0.25, -0.2) is 4.79 Å². The summed E-state index contributed by atoms with van der Waals surface area (Å²) in [6, 6.07) is 6.38. The SMILES string of the molecule is Cc1ccc(/C=C/C(=O)N[C@@H](CCC(N)=O)C(=O)O)cc1. The van der Waals surface area contributed by atoms with E-state index in [1.54, 1.807) is 6.08 Å². The molecule has 112 valence electrons. The minimum atomic E-state index is -1.20. The van der Waals surface area contributed by atoms with E-state index in [2.05, 4.69) is 5.32 Å². The predicted octanol–water partition coefficient (Wildman–Crippen LogP) is 0.843. The summed E-state index contributed by atoms with van der Waals surface area (Å²) in [6.45, 7) is 1.95. The Morgan fingerprint density at radius 2 is 1.90 bits per heavy atom. The molecule has 1 aromatic carbocycles. The number of rotatable bonds is 7. The lowest BCUT2D eigenvalue weighted by Gasteiger charge is -2.11. The third-order valence-corrected chi connectivity index (χ3v) is 2.80. The molecular weight excluding hydrogens is 272 g/mol. The molecule has 4 N–H and O–H groups in total. The Hall–Kier alpha value is -2.63. The number of amides is 2. The number of aryl methyl sites for hydroxylation is 1. The maximum atomic E-state index is 11.7. The highest BCUT2D eigenvalue weighted by Crippen LogP contribution is 2.05. The number of carboxylic acid groups (broad SMARTS) is 1. The number of nitrogens with two attached hydrogens (primary N) is 1. The molecule has 1 aromatic rings. The van der Waals surface area contributed by atoms with Crippen molar-refractivity contribution >= 4 is 23.9 Å². The number of carbonyl (C=O) groups excluding carboxylic acids is 2. The van der Waals surface area contributed by atoms with Gasteiger partial charge in [-0.2, -0.15) is 0 Å². The van der Waals surface area contributed by atoms with Crippen LogP contribution < -0.4 is 11.1 Å². The van der Waals surface area contributed by atoms with Gasteiger partial charge in [0, 0.05) is 12.5 Å². The fourth-order valence-electron chi connectivity index (χ4n) is 1.61. The van der Waals surface area contributed by atoms with Crippen LogP contribution >= 0.6 is 0 Å². The first-order valence-corrected chi connectivity index (χ1v) is 6.45. The van der Waals surface area contributed by atoms with Crippen LogP contribution in [0.2, 0.25) is 0 Å². The van der Waals surface area contributed by atoms with Crippen LogP contribution in [0.4, 0.5) is 0 Å². The van der Waals surface area contributed by atoms with Crippen LogP contribution in [0, 0.1) is 6.92 Å². The molecule has 0 radical (unpaired) electrons. The second-order valence-corrected chi connectivity index (χ2v) is 4.65. The van der Waals surface area contributed by atoms with Crippen molar-refractivity contribution in [1.29, 1.82) is 0 Å². The minimum absolute atomic E-state index is 0.0330. The molecule has 0 aliphatic carbocycles. The molecule has 0 aromatic heterocycles. The molecular formula is C15H18N2O4. The summed E-state index contributed by atoms with van der Waals surface area (Å²) in [5, 5.41) is 11.3. The molecule has 0 saturated carbocycles. The summed E-state index contributed by atoms with van der Waals surface area (Å²) in [5.74, 6) is -2.34. The van der Waals surface area contributed by atoms with Gasteiger partial charge in [-0.3, -0.25) is 9.59 Å². The molecule has 0 bridgehead atoms. The predicted molar refractivity (Wildman–Crippen MR) is 78.2 cm³/mol. The topological polar surface area (TPSA) is 109 Å². The lowest BCUT2D eigenvalue weighted by Crippen LogP contribution is -2.40. The molecule has 6 heteroatoms. The van der Waals surface area contributed by atoms with E-state index in [4.69, 9.17) is 10.8 Å². The van der Waals surface area contributed by atoms with E-state index in [9.17, 15) is 14.4 Å². The molecule has 6 nitrogen and oxygen atoms in total. The molecule has 1 atom stereocenters. The summed E-state index contributed by atoms with van der Waals surface area (Å²) >= 11 is 0. The van der Waals surface area contributed by atoms with Crippen molar-refractivity contribution in [3.63, 3.8) is 0 Å². The normalized spacial score (nSPS) is 12.0. The number of carboxylic acids is 1. The summed E-state index contributed by atoms with van der Waals surface area (Å²) in [5.41, 5.74) is 6.90. The first-order valence-electron chi connectivity index (χ1n) is 6.45. The largest absolute Gasteiger partial charge is 0.480 e. The van der Waals surface area contributed by atoms with Gasteiger partial charge in [0.25, 0.3) is 0 Å². The monoisotopic (exact) mass is 290 g/mol. The standard InChI is InChI=1S/C15H18N2O4/c1-10-2-4-11(5-3-10)6-9-14(19)17-12(15(20)21)7-8-13(16)18/h2-6,9,12H,7-8H2,1H3,(H2,16,18)(H,17,19)(H,20,21)/b9-6+/t12-/m0/s1. The highest BCUT2D eigenvalue weighted by Gasteiger charge is 2.19. The van der Waals surface area contributed by atoms with Crippen LogP contribution in [0.5, 0.6) is 0 Å². The molecule has 2 amide bonds. The van der Waals surface area contributed by atoms with Crippen molar-refractivity contribution in [1.82, 2.24) is 5.32 Å². The van der Waals surface area contributed by atoms with Crippen LogP contribution in [-0.4, -0.2) is 28.9 Å². The highest BCUT2D eigenvalue weighted by molar-refractivity contribution is 5.94. The fraction of sp³-hybridized carbons (Fsp3) is 0.267. The molecule has 0 heterocycles. The van der Waals surface area contributed by atoms with E-state index in [0.717, 1.165) is 11.1 Å². The average Bonchev–Trinajstić information content (AvgIpc) is 2.42. The van der Waals surface area contributed by atoms with E-state index < -0.39 is 23.8 Å². The first-order chi connectivity index (χ1) is 9.88. The summed E-state index contributed by atoms with van der Waals surface area (Å²) < 4.78 is 0. The maximum Gasteiger partial charge on any atom is 0.326 e. The second-order valence-electron chi connectivity index (χ2n) is 4.65. The highest BCUT2D eigenvalue weighted by atomic mass is 16.4. The first kappa shape index (κ1) is 16.4. The smallest absolute Gasteiger partial charge is 0.326 e. The zero-order valence-corrected chi connectivity index (χ0v) is 11.7. The van der Waals surface area contributed by atoms with Gasteiger partial charge in [0.2, 0.25) is 11.8 Å². The number of aliphatic carboxylic acids is 1.